The molecule has 5 nitrogen and oxygen atoms in total. The minimum Gasteiger partial charge on any atom is -0.382 e. The molecule has 0 aromatic carbocycles. The van der Waals surface area contributed by atoms with E-state index in [4.69, 9.17) is 5.73 Å². The number of nitrogens with zero attached hydrogens (tertiary/aromatic N) is 2. The van der Waals surface area contributed by atoms with E-state index in [1.165, 1.54) is 0 Å². The highest BCUT2D eigenvalue weighted by Gasteiger charge is 2.15. The summed E-state index contributed by atoms with van der Waals surface area (Å²) < 4.78 is 1.55. The summed E-state index contributed by atoms with van der Waals surface area (Å²) in [4.78, 5) is 11.8. The Labute approximate surface area is 102 Å². The molecule has 5 heteroatoms. The zero-order valence-electron chi connectivity index (χ0n) is 10.8. The van der Waals surface area contributed by atoms with E-state index >= 15 is 0 Å². The van der Waals surface area contributed by atoms with Crippen molar-refractivity contribution in [3.05, 3.63) is 12.3 Å². The van der Waals surface area contributed by atoms with Crippen LogP contribution in [-0.2, 0) is 11.3 Å². The third kappa shape index (κ3) is 4.09. The van der Waals surface area contributed by atoms with Gasteiger partial charge in [-0.05, 0) is 18.9 Å². The van der Waals surface area contributed by atoms with Crippen molar-refractivity contribution in [1.82, 2.24) is 15.1 Å². The summed E-state index contributed by atoms with van der Waals surface area (Å²) in [5, 5.41) is 6.98. The maximum Gasteiger partial charge on any atom is 0.241 e. The van der Waals surface area contributed by atoms with Crippen molar-refractivity contribution in [3.8, 4) is 0 Å². The average molecular weight is 238 g/mol. The number of hydrogen-bond donors (Lipinski definition) is 2. The van der Waals surface area contributed by atoms with E-state index in [1.807, 2.05) is 6.92 Å². The highest BCUT2D eigenvalue weighted by Crippen LogP contribution is 2.12. The highest BCUT2D eigenvalue weighted by molar-refractivity contribution is 5.75. The minimum atomic E-state index is -0.0208. The van der Waals surface area contributed by atoms with Crippen molar-refractivity contribution in [3.63, 3.8) is 0 Å². The molecule has 1 aromatic heterocycles. The molecule has 0 spiro atoms. The van der Waals surface area contributed by atoms with E-state index < -0.39 is 0 Å². The third-order valence-corrected chi connectivity index (χ3v) is 3.11. The van der Waals surface area contributed by atoms with Crippen LogP contribution in [0.3, 0.4) is 0 Å². The number of nitrogens with one attached hydrogen (secondary N) is 1. The number of nitrogen functional groups attached to an aromatic ring is 1. The molecule has 0 aliphatic heterocycles. The van der Waals surface area contributed by atoms with Gasteiger partial charge >= 0.3 is 0 Å². The molecular weight excluding hydrogens is 216 g/mol. The van der Waals surface area contributed by atoms with Crippen LogP contribution < -0.4 is 11.1 Å². The molecule has 0 radical (unpaired) electrons. The van der Waals surface area contributed by atoms with Gasteiger partial charge in [-0.1, -0.05) is 26.7 Å². The first-order valence-electron chi connectivity index (χ1n) is 6.15. The molecule has 0 bridgehead atoms. The van der Waals surface area contributed by atoms with Crippen molar-refractivity contribution < 1.29 is 4.79 Å². The summed E-state index contributed by atoms with van der Waals surface area (Å²) in [6, 6.07) is 1.88. The van der Waals surface area contributed by atoms with Crippen LogP contribution in [0.15, 0.2) is 12.3 Å². The van der Waals surface area contributed by atoms with Gasteiger partial charge in [-0.2, -0.15) is 5.10 Å². The summed E-state index contributed by atoms with van der Waals surface area (Å²) in [6.45, 7) is 6.56. The molecule has 1 amide bonds. The Hall–Kier alpha value is -1.52. The van der Waals surface area contributed by atoms with Crippen LogP contribution in [-0.4, -0.2) is 21.7 Å². The second kappa shape index (κ2) is 6.27. The van der Waals surface area contributed by atoms with Gasteiger partial charge < -0.3 is 11.1 Å². The Bertz CT molecular complexity index is 357. The number of rotatable bonds is 6. The molecule has 1 heterocycles. The van der Waals surface area contributed by atoms with Gasteiger partial charge in [0.2, 0.25) is 5.91 Å². The first kappa shape index (κ1) is 13.5. The molecule has 0 saturated heterocycles. The molecule has 1 rings (SSSR count). The Balaban J connectivity index is 2.44. The van der Waals surface area contributed by atoms with Crippen LogP contribution in [0, 0.1) is 5.92 Å². The van der Waals surface area contributed by atoms with E-state index in [1.54, 1.807) is 16.9 Å². The number of amides is 1. The van der Waals surface area contributed by atoms with E-state index in [2.05, 4.69) is 24.3 Å². The van der Waals surface area contributed by atoms with Crippen LogP contribution in [0.1, 0.15) is 33.6 Å². The molecule has 1 aromatic rings. The topological polar surface area (TPSA) is 72.9 Å². The maximum atomic E-state index is 11.8. The third-order valence-electron chi connectivity index (χ3n) is 3.11. The van der Waals surface area contributed by atoms with Crippen LogP contribution in [0.2, 0.25) is 0 Å². The number of anilines is 1. The fourth-order valence-electron chi connectivity index (χ4n) is 2.03. The lowest BCUT2D eigenvalue weighted by Crippen LogP contribution is -2.39. The van der Waals surface area contributed by atoms with Gasteiger partial charge in [0.1, 0.15) is 12.4 Å². The first-order valence-corrected chi connectivity index (χ1v) is 6.15. The highest BCUT2D eigenvalue weighted by atomic mass is 16.2. The van der Waals surface area contributed by atoms with Crippen molar-refractivity contribution in [2.45, 2.75) is 46.2 Å². The number of aromatic nitrogens is 2. The van der Waals surface area contributed by atoms with Crippen molar-refractivity contribution in [2.24, 2.45) is 5.92 Å². The molecule has 17 heavy (non-hydrogen) atoms. The van der Waals surface area contributed by atoms with Gasteiger partial charge in [0.15, 0.2) is 0 Å². The van der Waals surface area contributed by atoms with E-state index in [0.717, 1.165) is 12.8 Å². The lowest BCUT2D eigenvalue weighted by atomic mass is 9.95. The first-order chi connectivity index (χ1) is 8.06. The maximum absolute atomic E-state index is 11.8. The number of hydrogen-bond acceptors (Lipinski definition) is 3. The molecule has 0 fully saturated rings. The Morgan fingerprint density at radius 2 is 2.18 bits per heavy atom. The largest absolute Gasteiger partial charge is 0.382 e. The second-order valence-corrected chi connectivity index (χ2v) is 4.37. The summed E-state index contributed by atoms with van der Waals surface area (Å²) in [5.41, 5.74) is 5.48. The minimum absolute atomic E-state index is 0.0208. The smallest absolute Gasteiger partial charge is 0.241 e. The Kier molecular flexibility index (Phi) is 5.00. The second-order valence-electron chi connectivity index (χ2n) is 4.37. The lowest BCUT2D eigenvalue weighted by Gasteiger charge is -2.22. The van der Waals surface area contributed by atoms with Gasteiger partial charge in [-0.3, -0.25) is 9.48 Å². The van der Waals surface area contributed by atoms with Crippen LogP contribution >= 0.6 is 0 Å². The molecule has 0 saturated carbocycles. The predicted octanol–water partition coefficient (Wildman–Crippen LogP) is 1.41. The summed E-state index contributed by atoms with van der Waals surface area (Å²) in [6.07, 6.45) is 3.86. The van der Waals surface area contributed by atoms with E-state index in [0.29, 0.717) is 11.7 Å². The molecule has 1 atom stereocenters. The summed E-state index contributed by atoms with van der Waals surface area (Å²) in [7, 11) is 0. The van der Waals surface area contributed by atoms with Crippen LogP contribution in [0.25, 0.3) is 0 Å². The molecule has 0 aliphatic rings. The van der Waals surface area contributed by atoms with E-state index in [-0.39, 0.29) is 18.5 Å². The van der Waals surface area contributed by atoms with Crippen molar-refractivity contribution in [1.29, 1.82) is 0 Å². The zero-order valence-corrected chi connectivity index (χ0v) is 10.8. The molecule has 1 unspecified atom stereocenters. The SMILES string of the molecule is CCC(CC)C(C)NC(=O)Cn1ccc(N)n1. The van der Waals surface area contributed by atoms with Gasteiger partial charge in [-0.25, -0.2) is 0 Å². The van der Waals surface area contributed by atoms with E-state index in [9.17, 15) is 4.79 Å². The number of nitrogens with two attached hydrogens (primary N) is 1. The normalized spacial score (nSPS) is 12.7. The average Bonchev–Trinajstić information content (AvgIpc) is 2.65. The van der Waals surface area contributed by atoms with Crippen molar-refractivity contribution >= 4 is 11.7 Å². The fourth-order valence-corrected chi connectivity index (χ4v) is 2.03. The number of carbonyl (C=O) groups is 1. The summed E-state index contributed by atoms with van der Waals surface area (Å²) in [5.74, 6) is 0.944. The quantitative estimate of drug-likeness (QED) is 0.787. The van der Waals surface area contributed by atoms with Crippen LogP contribution in [0.4, 0.5) is 5.82 Å². The van der Waals surface area contributed by atoms with Gasteiger partial charge in [-0.15, -0.1) is 0 Å². The number of carbonyl (C=O) groups excluding carboxylic acids is 1. The standard InChI is InChI=1S/C12H22N4O/c1-4-10(5-2)9(3)14-12(17)8-16-7-6-11(13)15-16/h6-7,9-10H,4-5,8H2,1-3H3,(H2,13,15)(H,14,17). The zero-order chi connectivity index (χ0) is 12.8. The molecule has 96 valence electrons. The molecule has 0 aliphatic carbocycles. The lowest BCUT2D eigenvalue weighted by molar-refractivity contribution is -0.122. The molecule has 3 N–H and O–H groups in total. The monoisotopic (exact) mass is 238 g/mol. The van der Waals surface area contributed by atoms with Gasteiger partial charge in [0, 0.05) is 12.2 Å². The van der Waals surface area contributed by atoms with Gasteiger partial charge in [0.05, 0.1) is 0 Å². The summed E-state index contributed by atoms with van der Waals surface area (Å²) >= 11 is 0. The molecular formula is C12H22N4O. The fraction of sp³-hybridized carbons (Fsp3) is 0.667. The van der Waals surface area contributed by atoms with Crippen molar-refractivity contribution in [2.75, 3.05) is 5.73 Å². The predicted molar refractivity (Wildman–Crippen MR) is 68.3 cm³/mol. The Morgan fingerprint density at radius 3 is 2.65 bits per heavy atom. The van der Waals surface area contributed by atoms with Crippen LogP contribution in [0.5, 0.6) is 0 Å². The van der Waals surface area contributed by atoms with Gasteiger partial charge in [0.25, 0.3) is 0 Å². The Morgan fingerprint density at radius 1 is 1.53 bits per heavy atom.